The Morgan fingerprint density at radius 2 is 0.527 bits per heavy atom. The SMILES string of the molecule is CC/C=C\C/C=C\C/C=C\C/C=C\CCCCCCCCCCC(=O)OCC(COC(=O)CCCCCCC/C=C\C/C=C\CCCCCC)OC(=O)CCCCCCCCCCCCCCCCCCCCC. The Balaban J connectivity index is 4.38. The first-order valence-electron chi connectivity index (χ1n) is 31.9. The van der Waals surface area contributed by atoms with Crippen LogP contribution in [0.1, 0.15) is 323 Å². The number of hydrogen-bond donors (Lipinski definition) is 0. The molecule has 1 unspecified atom stereocenters. The summed E-state index contributed by atoms with van der Waals surface area (Å²) in [5.41, 5.74) is 0. The van der Waals surface area contributed by atoms with Gasteiger partial charge in [-0.15, -0.1) is 0 Å². The van der Waals surface area contributed by atoms with Gasteiger partial charge in [-0.2, -0.15) is 0 Å². The fraction of sp³-hybridized carbons (Fsp3) is 0.779. The Kier molecular flexibility index (Phi) is 59.7. The van der Waals surface area contributed by atoms with Crippen molar-refractivity contribution in [1.82, 2.24) is 0 Å². The number of esters is 3. The van der Waals surface area contributed by atoms with E-state index >= 15 is 0 Å². The van der Waals surface area contributed by atoms with E-state index in [1.54, 1.807) is 0 Å². The van der Waals surface area contributed by atoms with Gasteiger partial charge < -0.3 is 14.2 Å². The van der Waals surface area contributed by atoms with Crippen molar-refractivity contribution in [3.63, 3.8) is 0 Å². The number of carbonyl (C=O) groups excluding carboxylic acids is 3. The summed E-state index contributed by atoms with van der Waals surface area (Å²) >= 11 is 0. The predicted molar refractivity (Wildman–Crippen MR) is 321 cm³/mol. The minimum absolute atomic E-state index is 0.0816. The molecule has 0 spiro atoms. The molecule has 1 atom stereocenters. The third-order valence-corrected chi connectivity index (χ3v) is 13.9. The lowest BCUT2D eigenvalue weighted by Crippen LogP contribution is -2.30. The van der Waals surface area contributed by atoms with Gasteiger partial charge in [0.2, 0.25) is 0 Å². The Labute approximate surface area is 459 Å². The molecule has 0 aromatic heterocycles. The minimum atomic E-state index is -0.784. The number of ether oxygens (including phenoxy) is 3. The van der Waals surface area contributed by atoms with E-state index in [1.165, 1.54) is 173 Å². The van der Waals surface area contributed by atoms with E-state index in [1.807, 2.05) is 0 Å². The van der Waals surface area contributed by atoms with Crippen LogP contribution in [-0.2, 0) is 28.6 Å². The highest BCUT2D eigenvalue weighted by molar-refractivity contribution is 5.71. The highest BCUT2D eigenvalue weighted by Gasteiger charge is 2.19. The van der Waals surface area contributed by atoms with Gasteiger partial charge in [-0.1, -0.05) is 286 Å². The van der Waals surface area contributed by atoms with E-state index in [9.17, 15) is 14.4 Å². The molecule has 0 aromatic rings. The van der Waals surface area contributed by atoms with Crippen molar-refractivity contribution in [2.24, 2.45) is 0 Å². The molecule has 0 amide bonds. The fourth-order valence-electron chi connectivity index (χ4n) is 9.17. The second kappa shape index (κ2) is 62.4. The second-order valence-electron chi connectivity index (χ2n) is 21.3. The summed E-state index contributed by atoms with van der Waals surface area (Å²) in [5, 5.41) is 0. The number of carbonyl (C=O) groups is 3. The summed E-state index contributed by atoms with van der Waals surface area (Å²) < 4.78 is 16.9. The van der Waals surface area contributed by atoms with Gasteiger partial charge in [-0.05, 0) is 89.9 Å². The summed E-state index contributed by atoms with van der Waals surface area (Å²) in [5.74, 6) is -0.885. The maximum absolute atomic E-state index is 12.9. The molecule has 74 heavy (non-hydrogen) atoms. The van der Waals surface area contributed by atoms with Crippen LogP contribution < -0.4 is 0 Å². The van der Waals surface area contributed by atoms with Gasteiger partial charge in [-0.25, -0.2) is 0 Å². The van der Waals surface area contributed by atoms with Crippen molar-refractivity contribution >= 4 is 17.9 Å². The Morgan fingerprint density at radius 1 is 0.284 bits per heavy atom. The maximum Gasteiger partial charge on any atom is 0.306 e. The highest BCUT2D eigenvalue weighted by atomic mass is 16.6. The third kappa shape index (κ3) is 59.7. The summed E-state index contributed by atoms with van der Waals surface area (Å²) in [6.45, 7) is 6.54. The van der Waals surface area contributed by atoms with E-state index in [4.69, 9.17) is 14.2 Å². The minimum Gasteiger partial charge on any atom is -0.462 e. The molecule has 0 radical (unpaired) electrons. The van der Waals surface area contributed by atoms with Crippen molar-refractivity contribution in [2.75, 3.05) is 13.2 Å². The topological polar surface area (TPSA) is 78.9 Å². The summed E-state index contributed by atoms with van der Waals surface area (Å²) in [4.78, 5) is 38.3. The molecule has 0 N–H and O–H groups in total. The monoisotopic (exact) mass is 1030 g/mol. The largest absolute Gasteiger partial charge is 0.462 e. The molecule has 0 heterocycles. The van der Waals surface area contributed by atoms with Gasteiger partial charge >= 0.3 is 17.9 Å². The van der Waals surface area contributed by atoms with Crippen molar-refractivity contribution in [3.8, 4) is 0 Å². The molecule has 6 heteroatoms. The van der Waals surface area contributed by atoms with Crippen LogP contribution in [0.15, 0.2) is 72.9 Å². The molecule has 0 saturated carbocycles. The first-order chi connectivity index (χ1) is 36.5. The van der Waals surface area contributed by atoms with Gasteiger partial charge in [0.15, 0.2) is 6.10 Å². The smallest absolute Gasteiger partial charge is 0.306 e. The average molecular weight is 1030 g/mol. The van der Waals surface area contributed by atoms with Crippen LogP contribution in [0, 0.1) is 0 Å². The molecule has 0 aliphatic heterocycles. The first kappa shape index (κ1) is 70.8. The third-order valence-electron chi connectivity index (χ3n) is 13.9. The number of hydrogen-bond acceptors (Lipinski definition) is 6. The van der Waals surface area contributed by atoms with Crippen LogP contribution in [0.5, 0.6) is 0 Å². The van der Waals surface area contributed by atoms with Crippen LogP contribution in [0.3, 0.4) is 0 Å². The summed E-state index contributed by atoms with van der Waals surface area (Å²) in [6.07, 6.45) is 80.4. The lowest BCUT2D eigenvalue weighted by Gasteiger charge is -2.18. The Morgan fingerprint density at radius 3 is 0.838 bits per heavy atom. The zero-order valence-electron chi connectivity index (χ0n) is 49.1. The molecule has 0 bridgehead atoms. The summed E-state index contributed by atoms with van der Waals surface area (Å²) in [6, 6.07) is 0. The van der Waals surface area contributed by atoms with E-state index in [0.29, 0.717) is 19.3 Å². The molecule has 6 nitrogen and oxygen atoms in total. The average Bonchev–Trinajstić information content (AvgIpc) is 3.40. The number of unbranched alkanes of at least 4 members (excludes halogenated alkanes) is 35. The lowest BCUT2D eigenvalue weighted by molar-refractivity contribution is -0.167. The predicted octanol–water partition coefficient (Wildman–Crippen LogP) is 21.7. The van der Waals surface area contributed by atoms with Gasteiger partial charge in [0, 0.05) is 19.3 Å². The molecule has 0 aromatic carbocycles. The maximum atomic E-state index is 12.9. The Hall–Kier alpha value is -3.15. The molecule has 0 fully saturated rings. The zero-order valence-corrected chi connectivity index (χ0v) is 49.1. The molecule has 0 aliphatic rings. The van der Waals surface area contributed by atoms with E-state index in [0.717, 1.165) is 109 Å². The molecule has 0 rings (SSSR count). The fourth-order valence-corrected chi connectivity index (χ4v) is 9.17. The first-order valence-corrected chi connectivity index (χ1v) is 31.9. The van der Waals surface area contributed by atoms with Gasteiger partial charge in [0.1, 0.15) is 13.2 Å². The van der Waals surface area contributed by atoms with Crippen LogP contribution in [0.2, 0.25) is 0 Å². The van der Waals surface area contributed by atoms with E-state index < -0.39 is 6.10 Å². The van der Waals surface area contributed by atoms with Crippen LogP contribution in [0.4, 0.5) is 0 Å². The van der Waals surface area contributed by atoms with Crippen molar-refractivity contribution in [2.45, 2.75) is 329 Å². The lowest BCUT2D eigenvalue weighted by atomic mass is 10.0. The van der Waals surface area contributed by atoms with Gasteiger partial charge in [0.25, 0.3) is 0 Å². The number of rotatable bonds is 58. The van der Waals surface area contributed by atoms with E-state index in [-0.39, 0.29) is 31.1 Å². The second-order valence-corrected chi connectivity index (χ2v) is 21.3. The normalized spacial score (nSPS) is 12.5. The molecule has 0 aliphatic carbocycles. The van der Waals surface area contributed by atoms with Crippen LogP contribution >= 0.6 is 0 Å². The van der Waals surface area contributed by atoms with Crippen molar-refractivity contribution in [3.05, 3.63) is 72.9 Å². The molecular formula is C68H120O6. The standard InChI is InChI=1S/C68H120O6/c1-4-7-10-13-16-19-22-25-28-31-33-34-36-37-40-43-46-49-52-55-58-61-67(70)73-64-65(63-72-66(69)60-57-54-51-48-45-42-39-30-27-24-21-18-15-12-9-6-3)74-68(71)62-59-56-53-50-47-44-41-38-35-32-29-26-23-20-17-14-11-8-5-2/h7,10,16,19,21,24-25,28,30,33-34,39,65H,4-6,8-9,11-15,17-18,20,22-23,26-27,29,31-32,35-38,40-64H2,1-3H3/b10-7-,19-16-,24-21-,28-25-,34-33-,39-30-. The number of allylic oxidation sites excluding steroid dienone is 12. The quantitative estimate of drug-likeness (QED) is 0.0261. The summed E-state index contributed by atoms with van der Waals surface area (Å²) in [7, 11) is 0. The van der Waals surface area contributed by atoms with Crippen LogP contribution in [0.25, 0.3) is 0 Å². The van der Waals surface area contributed by atoms with Crippen molar-refractivity contribution in [1.29, 1.82) is 0 Å². The molecule has 0 saturated heterocycles. The Bertz CT molecular complexity index is 1370. The zero-order chi connectivity index (χ0) is 53.6. The molecule has 428 valence electrons. The van der Waals surface area contributed by atoms with Crippen molar-refractivity contribution < 1.29 is 28.6 Å². The van der Waals surface area contributed by atoms with Gasteiger partial charge in [-0.3, -0.25) is 14.4 Å². The molecular weight excluding hydrogens is 913 g/mol. The van der Waals surface area contributed by atoms with Crippen LogP contribution in [-0.4, -0.2) is 37.2 Å². The highest BCUT2D eigenvalue weighted by Crippen LogP contribution is 2.17. The van der Waals surface area contributed by atoms with Gasteiger partial charge in [0.05, 0.1) is 0 Å². The van der Waals surface area contributed by atoms with E-state index in [2.05, 4.69) is 93.7 Å².